The first kappa shape index (κ1) is 26.3. The van der Waals surface area contributed by atoms with Crippen molar-refractivity contribution < 1.29 is 19.4 Å². The standard InChI is InChI=1S/C13H18N2O3.C10H16N2O/c1-11(13(16)17)15-14-8-5-9-18-10-12-6-3-2-4-7-12;11-12-7-4-8-13-9-10-5-2-1-3-6-10/h2-4,6-7,14H,5,8-10H2,1H3,(H,16,17);1-3,5-6,12H,4,7-9,11H2/b15-11-;. The first-order valence-electron chi connectivity index (χ1n) is 10.3. The predicted molar refractivity (Wildman–Crippen MR) is 122 cm³/mol. The summed E-state index contributed by atoms with van der Waals surface area (Å²) in [6.07, 6.45) is 1.73. The van der Waals surface area contributed by atoms with Gasteiger partial charge in [-0.15, -0.1) is 0 Å². The number of hydrazine groups is 1. The van der Waals surface area contributed by atoms with E-state index in [4.69, 9.17) is 20.4 Å². The second-order valence-corrected chi connectivity index (χ2v) is 6.65. The summed E-state index contributed by atoms with van der Waals surface area (Å²) >= 11 is 0. The van der Waals surface area contributed by atoms with Crippen molar-refractivity contribution in [3.05, 3.63) is 71.8 Å². The molecule has 0 aliphatic heterocycles. The lowest BCUT2D eigenvalue weighted by Crippen LogP contribution is -2.23. The average Bonchev–Trinajstić information content (AvgIpc) is 2.80. The Bertz CT molecular complexity index is 727. The summed E-state index contributed by atoms with van der Waals surface area (Å²) < 4.78 is 10.9. The zero-order valence-corrected chi connectivity index (χ0v) is 18.1. The van der Waals surface area contributed by atoms with Gasteiger partial charge in [-0.1, -0.05) is 60.7 Å². The van der Waals surface area contributed by atoms with Gasteiger partial charge in [-0.3, -0.25) is 11.3 Å². The van der Waals surface area contributed by atoms with Gasteiger partial charge in [0, 0.05) is 26.3 Å². The van der Waals surface area contributed by atoms with Crippen LogP contribution >= 0.6 is 0 Å². The van der Waals surface area contributed by atoms with Crippen LogP contribution in [0.25, 0.3) is 0 Å². The maximum atomic E-state index is 10.4. The van der Waals surface area contributed by atoms with Crippen molar-refractivity contribution in [1.29, 1.82) is 0 Å². The number of hydrogen-bond donors (Lipinski definition) is 4. The molecule has 0 aliphatic rings. The summed E-state index contributed by atoms with van der Waals surface area (Å²) in [6, 6.07) is 20.1. The van der Waals surface area contributed by atoms with Crippen LogP contribution in [-0.2, 0) is 27.5 Å². The molecule has 0 fully saturated rings. The smallest absolute Gasteiger partial charge is 0.351 e. The minimum Gasteiger partial charge on any atom is -0.477 e. The molecule has 2 rings (SSSR count). The van der Waals surface area contributed by atoms with Crippen LogP contribution in [0.2, 0.25) is 0 Å². The molecule has 0 saturated heterocycles. The lowest BCUT2D eigenvalue weighted by atomic mass is 10.2. The number of nitrogens with one attached hydrogen (secondary N) is 2. The molecule has 0 atom stereocenters. The molecular weight excluding hydrogens is 396 g/mol. The van der Waals surface area contributed by atoms with E-state index in [0.717, 1.165) is 31.6 Å². The Morgan fingerprint density at radius 3 is 1.84 bits per heavy atom. The topological polar surface area (TPSA) is 118 Å². The van der Waals surface area contributed by atoms with E-state index in [0.29, 0.717) is 26.4 Å². The molecule has 2 aromatic rings. The first-order chi connectivity index (χ1) is 15.1. The molecule has 0 aromatic heterocycles. The molecule has 8 heteroatoms. The quantitative estimate of drug-likeness (QED) is 0.157. The molecule has 0 saturated carbocycles. The van der Waals surface area contributed by atoms with Crippen molar-refractivity contribution in [2.24, 2.45) is 10.9 Å². The highest BCUT2D eigenvalue weighted by atomic mass is 16.5. The van der Waals surface area contributed by atoms with Gasteiger partial charge in [0.15, 0.2) is 0 Å². The molecule has 0 radical (unpaired) electrons. The SMILES string of the molecule is C/C(=N/NCCCOCc1ccccc1)C(=O)O.NNCCCOCc1ccccc1. The lowest BCUT2D eigenvalue weighted by molar-refractivity contribution is -0.129. The number of carboxylic acid groups (broad SMARTS) is 1. The fourth-order valence-corrected chi connectivity index (χ4v) is 2.28. The van der Waals surface area contributed by atoms with Crippen LogP contribution in [-0.4, -0.2) is 43.1 Å². The fraction of sp³-hybridized carbons (Fsp3) is 0.391. The van der Waals surface area contributed by atoms with E-state index in [-0.39, 0.29) is 5.71 Å². The second kappa shape index (κ2) is 18.0. The summed E-state index contributed by atoms with van der Waals surface area (Å²) in [5, 5.41) is 12.2. The third kappa shape index (κ3) is 14.8. The van der Waals surface area contributed by atoms with Crippen LogP contribution in [0, 0.1) is 0 Å². The Labute approximate surface area is 184 Å². The predicted octanol–water partition coefficient (Wildman–Crippen LogP) is 2.70. The van der Waals surface area contributed by atoms with E-state index in [2.05, 4.69) is 28.1 Å². The summed E-state index contributed by atoms with van der Waals surface area (Å²) in [4.78, 5) is 10.4. The molecule has 0 spiro atoms. The zero-order chi connectivity index (χ0) is 22.6. The third-order valence-electron chi connectivity index (χ3n) is 3.97. The van der Waals surface area contributed by atoms with Crippen LogP contribution in [0.3, 0.4) is 0 Å². The second-order valence-electron chi connectivity index (χ2n) is 6.65. The van der Waals surface area contributed by atoms with Gasteiger partial charge in [-0.25, -0.2) is 4.79 Å². The maximum Gasteiger partial charge on any atom is 0.351 e. The number of hydrogen-bond acceptors (Lipinski definition) is 7. The van der Waals surface area contributed by atoms with Crippen molar-refractivity contribution in [2.75, 3.05) is 26.3 Å². The number of benzene rings is 2. The minimum atomic E-state index is -1.01. The Morgan fingerprint density at radius 2 is 1.39 bits per heavy atom. The lowest BCUT2D eigenvalue weighted by Gasteiger charge is -2.04. The van der Waals surface area contributed by atoms with E-state index in [1.165, 1.54) is 12.5 Å². The van der Waals surface area contributed by atoms with Gasteiger partial charge in [-0.05, 0) is 30.9 Å². The van der Waals surface area contributed by atoms with Crippen molar-refractivity contribution in [2.45, 2.75) is 33.0 Å². The number of carbonyl (C=O) groups is 1. The van der Waals surface area contributed by atoms with Gasteiger partial charge >= 0.3 is 5.97 Å². The van der Waals surface area contributed by atoms with Crippen molar-refractivity contribution in [3.63, 3.8) is 0 Å². The number of nitrogens with two attached hydrogens (primary N) is 1. The van der Waals surface area contributed by atoms with Crippen molar-refractivity contribution >= 4 is 11.7 Å². The number of ether oxygens (including phenoxy) is 2. The molecule has 31 heavy (non-hydrogen) atoms. The minimum absolute atomic E-state index is 0.0557. The molecule has 2 aromatic carbocycles. The van der Waals surface area contributed by atoms with Crippen molar-refractivity contribution in [1.82, 2.24) is 10.9 Å². The van der Waals surface area contributed by atoms with Crippen LogP contribution < -0.4 is 16.7 Å². The van der Waals surface area contributed by atoms with Crippen LogP contribution in [0.5, 0.6) is 0 Å². The summed E-state index contributed by atoms with van der Waals surface area (Å²) in [5.41, 5.74) is 7.69. The van der Waals surface area contributed by atoms with Gasteiger partial charge in [-0.2, -0.15) is 5.10 Å². The Kier molecular flexibility index (Phi) is 15.3. The molecule has 0 heterocycles. The van der Waals surface area contributed by atoms with E-state index in [1.807, 2.05) is 48.5 Å². The number of nitrogens with zero attached hydrogens (tertiary/aromatic N) is 1. The van der Waals surface area contributed by atoms with Gasteiger partial charge in [0.2, 0.25) is 0 Å². The molecule has 0 unspecified atom stereocenters. The Balaban J connectivity index is 0.000000327. The van der Waals surface area contributed by atoms with Crippen molar-refractivity contribution in [3.8, 4) is 0 Å². The molecule has 0 aliphatic carbocycles. The highest BCUT2D eigenvalue weighted by Gasteiger charge is 1.99. The summed E-state index contributed by atoms with van der Waals surface area (Å²) in [5.74, 6) is 4.11. The number of rotatable bonds is 14. The van der Waals surface area contributed by atoms with E-state index < -0.39 is 5.97 Å². The first-order valence-corrected chi connectivity index (χ1v) is 10.3. The van der Waals surface area contributed by atoms with Crippen LogP contribution in [0.1, 0.15) is 30.9 Å². The number of carboxylic acids is 1. The van der Waals surface area contributed by atoms with E-state index in [9.17, 15) is 4.79 Å². The highest BCUT2D eigenvalue weighted by molar-refractivity contribution is 6.34. The molecule has 0 amide bonds. The normalized spacial score (nSPS) is 10.8. The average molecular weight is 431 g/mol. The van der Waals surface area contributed by atoms with Gasteiger partial charge < -0.3 is 20.0 Å². The molecule has 5 N–H and O–H groups in total. The van der Waals surface area contributed by atoms with Crippen LogP contribution in [0.4, 0.5) is 0 Å². The summed E-state index contributed by atoms with van der Waals surface area (Å²) in [7, 11) is 0. The number of hydrazone groups is 1. The van der Waals surface area contributed by atoms with Gasteiger partial charge in [0.25, 0.3) is 0 Å². The largest absolute Gasteiger partial charge is 0.477 e. The molecule has 8 nitrogen and oxygen atoms in total. The maximum absolute atomic E-state index is 10.4. The number of aliphatic carboxylic acids is 1. The van der Waals surface area contributed by atoms with E-state index >= 15 is 0 Å². The Morgan fingerprint density at radius 1 is 0.903 bits per heavy atom. The zero-order valence-electron chi connectivity index (χ0n) is 18.1. The van der Waals surface area contributed by atoms with Gasteiger partial charge in [0.1, 0.15) is 5.71 Å². The van der Waals surface area contributed by atoms with E-state index in [1.54, 1.807) is 0 Å². The third-order valence-corrected chi connectivity index (χ3v) is 3.97. The molecular formula is C23H34N4O4. The fourth-order valence-electron chi connectivity index (χ4n) is 2.28. The van der Waals surface area contributed by atoms with Gasteiger partial charge in [0.05, 0.1) is 13.2 Å². The van der Waals surface area contributed by atoms with Crippen LogP contribution in [0.15, 0.2) is 65.8 Å². The highest BCUT2D eigenvalue weighted by Crippen LogP contribution is 2.01. The molecule has 170 valence electrons. The Hall–Kier alpha value is -2.78. The summed E-state index contributed by atoms with van der Waals surface area (Å²) in [6.45, 7) is 5.49. The monoisotopic (exact) mass is 430 g/mol. The molecule has 0 bridgehead atoms.